The lowest BCUT2D eigenvalue weighted by Crippen LogP contribution is -2.35. The van der Waals surface area contributed by atoms with Crippen molar-refractivity contribution >= 4 is 23.0 Å². The Hall–Kier alpha value is -3.29. The van der Waals surface area contributed by atoms with E-state index >= 15 is 0 Å². The Balaban J connectivity index is 2.05. The van der Waals surface area contributed by atoms with E-state index in [4.69, 9.17) is 13.9 Å². The minimum atomic E-state index is -0.646. The first-order valence-corrected chi connectivity index (χ1v) is 11.4. The van der Waals surface area contributed by atoms with Crippen LogP contribution in [0.3, 0.4) is 0 Å². The van der Waals surface area contributed by atoms with Crippen LogP contribution in [-0.4, -0.2) is 34.2 Å². The predicted octanol–water partition coefficient (Wildman–Crippen LogP) is 6.00. The summed E-state index contributed by atoms with van der Waals surface area (Å²) in [5.74, 6) is 0.247. The Morgan fingerprint density at radius 2 is 1.94 bits per heavy atom. The molecule has 0 spiro atoms. The molecule has 8 nitrogen and oxygen atoms in total. The fourth-order valence-corrected chi connectivity index (χ4v) is 3.51. The number of hydrogen-bond donors (Lipinski definition) is 2. The van der Waals surface area contributed by atoms with E-state index < -0.39 is 23.7 Å². The monoisotopic (exact) mass is 455 g/mol. The maximum absolute atomic E-state index is 12.8. The van der Waals surface area contributed by atoms with E-state index in [1.165, 1.54) is 0 Å². The molecule has 0 saturated heterocycles. The standard InChI is InChI=1S/C25H33N3O5/c1-7-15(3)13-19(27-24(30)33-25(4,5)6)22-28-20(23(29)31-8-2)21(32-22)17-14-26-18-12-10-9-11-16(17)18/h9-12,14-15,19,26H,7-8,13H2,1-6H3,(H,27,30)/t15-,19-/m0/s1. The van der Waals surface area contributed by atoms with Gasteiger partial charge >= 0.3 is 12.1 Å². The summed E-state index contributed by atoms with van der Waals surface area (Å²) in [5, 5.41) is 3.76. The second kappa shape index (κ2) is 10.1. The van der Waals surface area contributed by atoms with Crippen LogP contribution in [0.25, 0.3) is 22.2 Å². The molecule has 0 bridgehead atoms. The number of esters is 1. The van der Waals surface area contributed by atoms with Crippen LogP contribution < -0.4 is 5.32 Å². The Kier molecular flexibility index (Phi) is 7.46. The van der Waals surface area contributed by atoms with Crippen molar-refractivity contribution in [1.29, 1.82) is 0 Å². The summed E-state index contributed by atoms with van der Waals surface area (Å²) in [6.07, 6.45) is 2.70. The van der Waals surface area contributed by atoms with Crippen molar-refractivity contribution in [3.63, 3.8) is 0 Å². The number of nitrogens with one attached hydrogen (secondary N) is 2. The molecule has 3 rings (SSSR count). The quantitative estimate of drug-likeness (QED) is 0.403. The Bertz CT molecular complexity index is 1110. The molecule has 2 aromatic heterocycles. The molecule has 178 valence electrons. The molecule has 2 N–H and O–H groups in total. The SMILES string of the molecule is CCOC(=O)c1nc([C@H](C[C@@H](C)CC)NC(=O)OC(C)(C)C)oc1-c1c[nH]c2ccccc12. The molecule has 0 aliphatic heterocycles. The van der Waals surface area contributed by atoms with Gasteiger partial charge in [-0.05, 0) is 46.1 Å². The van der Waals surface area contributed by atoms with Gasteiger partial charge in [-0.1, -0.05) is 38.5 Å². The number of H-pyrrole nitrogens is 1. The van der Waals surface area contributed by atoms with Crippen LogP contribution in [0.4, 0.5) is 4.79 Å². The lowest BCUT2D eigenvalue weighted by Gasteiger charge is -2.23. The van der Waals surface area contributed by atoms with Crippen LogP contribution in [-0.2, 0) is 9.47 Å². The molecule has 0 aliphatic carbocycles. The van der Waals surface area contributed by atoms with Crippen molar-refractivity contribution < 1.29 is 23.5 Å². The molecule has 0 radical (unpaired) electrons. The number of nitrogens with zero attached hydrogens (tertiary/aromatic N) is 1. The number of rotatable bonds is 8. The summed E-state index contributed by atoms with van der Waals surface area (Å²) in [5.41, 5.74) is 1.04. The van der Waals surface area contributed by atoms with Crippen molar-refractivity contribution in [1.82, 2.24) is 15.3 Å². The van der Waals surface area contributed by atoms with Gasteiger partial charge < -0.3 is 24.2 Å². The van der Waals surface area contributed by atoms with Gasteiger partial charge in [-0.3, -0.25) is 0 Å². The molecule has 2 atom stereocenters. The minimum Gasteiger partial charge on any atom is -0.461 e. The predicted molar refractivity (Wildman–Crippen MR) is 126 cm³/mol. The van der Waals surface area contributed by atoms with Crippen LogP contribution in [0.2, 0.25) is 0 Å². The molecule has 33 heavy (non-hydrogen) atoms. The van der Waals surface area contributed by atoms with Crippen molar-refractivity contribution in [3.05, 3.63) is 42.0 Å². The molecule has 0 aliphatic rings. The molecule has 1 aromatic carbocycles. The zero-order chi connectivity index (χ0) is 24.2. The topological polar surface area (TPSA) is 106 Å². The summed E-state index contributed by atoms with van der Waals surface area (Å²) >= 11 is 0. The van der Waals surface area contributed by atoms with Crippen LogP contribution >= 0.6 is 0 Å². The van der Waals surface area contributed by atoms with Gasteiger partial charge in [0, 0.05) is 22.7 Å². The van der Waals surface area contributed by atoms with E-state index in [9.17, 15) is 9.59 Å². The third kappa shape index (κ3) is 5.94. The number of aromatic amines is 1. The summed E-state index contributed by atoms with van der Waals surface area (Å²) in [6.45, 7) is 11.5. The largest absolute Gasteiger partial charge is 0.461 e. The van der Waals surface area contributed by atoms with Crippen molar-refractivity contribution in [2.75, 3.05) is 6.61 Å². The van der Waals surface area contributed by atoms with Gasteiger partial charge in [0.15, 0.2) is 11.5 Å². The summed E-state index contributed by atoms with van der Waals surface area (Å²) in [4.78, 5) is 33.0. The molecular formula is C25H33N3O5. The van der Waals surface area contributed by atoms with Gasteiger partial charge in [0.25, 0.3) is 0 Å². The van der Waals surface area contributed by atoms with Crippen LogP contribution in [0.1, 0.15) is 76.8 Å². The van der Waals surface area contributed by atoms with Crippen LogP contribution in [0, 0.1) is 5.92 Å². The number of amides is 1. The van der Waals surface area contributed by atoms with Gasteiger partial charge in [-0.25, -0.2) is 14.6 Å². The number of aromatic nitrogens is 2. The third-order valence-corrected chi connectivity index (χ3v) is 5.27. The molecule has 8 heteroatoms. The fraction of sp³-hybridized carbons (Fsp3) is 0.480. The lowest BCUT2D eigenvalue weighted by atomic mass is 9.99. The molecule has 3 aromatic rings. The molecule has 1 amide bonds. The smallest absolute Gasteiger partial charge is 0.408 e. The number of carbonyl (C=O) groups excluding carboxylic acids is 2. The fourth-order valence-electron chi connectivity index (χ4n) is 3.51. The van der Waals surface area contributed by atoms with Gasteiger partial charge in [-0.2, -0.15) is 0 Å². The summed E-state index contributed by atoms with van der Waals surface area (Å²) in [6, 6.07) is 7.15. The van der Waals surface area contributed by atoms with Crippen molar-refractivity contribution in [2.45, 2.75) is 66.0 Å². The maximum atomic E-state index is 12.8. The summed E-state index contributed by atoms with van der Waals surface area (Å²) in [7, 11) is 0. The Morgan fingerprint density at radius 1 is 1.21 bits per heavy atom. The zero-order valence-electron chi connectivity index (χ0n) is 20.2. The van der Waals surface area contributed by atoms with E-state index in [0.717, 1.165) is 17.3 Å². The van der Waals surface area contributed by atoms with Gasteiger partial charge in [0.2, 0.25) is 5.89 Å². The average molecular weight is 456 g/mol. The highest BCUT2D eigenvalue weighted by Gasteiger charge is 2.30. The minimum absolute atomic E-state index is 0.0803. The molecule has 0 fully saturated rings. The molecule has 0 unspecified atom stereocenters. The number of alkyl carbamates (subject to hydrolysis) is 1. The van der Waals surface area contributed by atoms with Gasteiger partial charge in [0.1, 0.15) is 11.6 Å². The molecular weight excluding hydrogens is 422 g/mol. The third-order valence-electron chi connectivity index (χ3n) is 5.27. The highest BCUT2D eigenvalue weighted by atomic mass is 16.6. The van der Waals surface area contributed by atoms with E-state index in [2.05, 4.69) is 29.1 Å². The number of benzene rings is 1. The number of para-hydroxylation sites is 1. The molecule has 2 heterocycles. The number of ether oxygens (including phenoxy) is 2. The first kappa shape index (κ1) is 24.4. The number of oxazole rings is 1. The lowest BCUT2D eigenvalue weighted by molar-refractivity contribution is 0.0486. The zero-order valence-corrected chi connectivity index (χ0v) is 20.2. The highest BCUT2D eigenvalue weighted by Crippen LogP contribution is 2.35. The van der Waals surface area contributed by atoms with E-state index in [1.54, 1.807) is 33.9 Å². The number of carbonyl (C=O) groups is 2. The van der Waals surface area contributed by atoms with Crippen molar-refractivity contribution in [2.24, 2.45) is 5.92 Å². The van der Waals surface area contributed by atoms with E-state index in [0.29, 0.717) is 17.7 Å². The first-order chi connectivity index (χ1) is 15.6. The first-order valence-electron chi connectivity index (χ1n) is 11.4. The van der Waals surface area contributed by atoms with E-state index in [-0.39, 0.29) is 24.1 Å². The maximum Gasteiger partial charge on any atom is 0.408 e. The second-order valence-corrected chi connectivity index (χ2v) is 9.15. The second-order valence-electron chi connectivity index (χ2n) is 9.15. The Labute approximate surface area is 194 Å². The van der Waals surface area contributed by atoms with Gasteiger partial charge in [0.05, 0.1) is 6.61 Å². The van der Waals surface area contributed by atoms with Crippen LogP contribution in [0.15, 0.2) is 34.9 Å². The summed E-state index contributed by atoms with van der Waals surface area (Å²) < 4.78 is 16.9. The average Bonchev–Trinajstić information content (AvgIpc) is 3.36. The van der Waals surface area contributed by atoms with Crippen LogP contribution in [0.5, 0.6) is 0 Å². The highest BCUT2D eigenvalue weighted by molar-refractivity contribution is 6.01. The number of fused-ring (bicyclic) bond motifs is 1. The van der Waals surface area contributed by atoms with Gasteiger partial charge in [-0.15, -0.1) is 0 Å². The normalized spacial score (nSPS) is 13.5. The molecule has 0 saturated carbocycles. The van der Waals surface area contributed by atoms with E-state index in [1.807, 2.05) is 24.3 Å². The van der Waals surface area contributed by atoms with Crippen molar-refractivity contribution in [3.8, 4) is 11.3 Å². The number of hydrogen-bond acceptors (Lipinski definition) is 6. The Morgan fingerprint density at radius 3 is 2.61 bits per heavy atom.